The molecule has 1 amide bonds. The normalized spacial score (nSPS) is 8.06. The van der Waals surface area contributed by atoms with Crippen molar-refractivity contribution in [3.05, 3.63) is 114 Å². The minimum Gasteiger partial charge on any atom is -0.367 e. The predicted molar refractivity (Wildman–Crippen MR) is 137 cm³/mol. The first kappa shape index (κ1) is 34.9. The zero-order valence-electron chi connectivity index (χ0n) is 21.0. The first-order valence-corrected chi connectivity index (χ1v) is 10.2. The number of carbonyl (C=O) groups excluding carboxylic acids is 1. The Kier molecular flexibility index (Phi) is 26.1. The van der Waals surface area contributed by atoms with Crippen LogP contribution in [0.5, 0.6) is 0 Å². The van der Waals surface area contributed by atoms with Gasteiger partial charge in [0.1, 0.15) is 0 Å². The van der Waals surface area contributed by atoms with Crippen molar-refractivity contribution in [3.8, 4) is 0 Å². The summed E-state index contributed by atoms with van der Waals surface area (Å²) >= 11 is 0. The van der Waals surface area contributed by atoms with Gasteiger partial charge in [0.25, 0.3) is 0 Å². The number of primary amides is 1. The molecule has 0 spiro atoms. The van der Waals surface area contributed by atoms with Crippen LogP contribution in [0.15, 0.2) is 77.8 Å². The molecule has 32 heavy (non-hydrogen) atoms. The molecule has 0 saturated heterocycles. The zero-order valence-corrected chi connectivity index (χ0v) is 24.1. The molecule has 0 aliphatic heterocycles. The molecule has 0 atom stereocenters. The first-order valence-electron chi connectivity index (χ1n) is 10.2. The Morgan fingerprint density at radius 3 is 1.66 bits per heavy atom. The molecule has 3 aromatic rings. The van der Waals surface area contributed by atoms with Crippen molar-refractivity contribution in [3.63, 3.8) is 0 Å². The Bertz CT molecular complexity index is 811. The number of rotatable bonds is 1. The van der Waals surface area contributed by atoms with Crippen LogP contribution in [0.2, 0.25) is 0 Å². The number of amides is 1. The van der Waals surface area contributed by atoms with E-state index in [0.717, 1.165) is 5.56 Å². The summed E-state index contributed by atoms with van der Waals surface area (Å²) in [5.41, 5.74) is 10.6. The summed E-state index contributed by atoms with van der Waals surface area (Å²) in [5, 5.41) is 0. The van der Waals surface area contributed by atoms with Crippen LogP contribution in [0.25, 0.3) is 0 Å². The molecule has 0 radical (unpaired) electrons. The second-order valence-electron chi connectivity index (χ2n) is 6.75. The molecule has 2 N–H and O–H groups in total. The summed E-state index contributed by atoms with van der Waals surface area (Å²) in [7, 11) is 1.64. The maximum atomic E-state index is 10.4. The van der Waals surface area contributed by atoms with E-state index in [1.165, 1.54) is 23.1 Å². The van der Waals surface area contributed by atoms with Crippen molar-refractivity contribution in [1.82, 2.24) is 0 Å². The third-order valence-electron chi connectivity index (χ3n) is 3.51. The van der Waals surface area contributed by atoms with Gasteiger partial charge >= 0.3 is 51.4 Å². The second-order valence-corrected chi connectivity index (χ2v) is 6.75. The van der Waals surface area contributed by atoms with Gasteiger partial charge in [-0.25, -0.2) is 0 Å². The molecule has 168 valence electrons. The van der Waals surface area contributed by atoms with Gasteiger partial charge in [-0.3, -0.25) is 4.79 Å². The molecule has 0 saturated carbocycles. The van der Waals surface area contributed by atoms with E-state index in [1.807, 2.05) is 12.1 Å². The van der Waals surface area contributed by atoms with Gasteiger partial charge in [-0.05, 0) is 31.7 Å². The zero-order chi connectivity index (χ0) is 24.1. The number of nitrogens with two attached hydrogens (primary N) is 1. The fraction of sp³-hybridized carbons (Fsp3) is 0.250. The molecule has 0 fully saturated rings. The van der Waals surface area contributed by atoms with E-state index in [0.29, 0.717) is 5.56 Å². The SMILES string of the molecule is C=NC.CCC.Cc1ccccc1C.NC(=O)c1cc[c-]cc1.[CH2-]c1cccc(C)c1.[K+]. The molecule has 3 nitrogen and oxygen atoms in total. The van der Waals surface area contributed by atoms with Crippen molar-refractivity contribution in [2.45, 2.75) is 41.0 Å². The fourth-order valence-corrected chi connectivity index (χ4v) is 1.93. The van der Waals surface area contributed by atoms with Crippen LogP contribution in [0.1, 0.15) is 52.9 Å². The average molecular weight is 458 g/mol. The largest absolute Gasteiger partial charge is 1.00 e. The molecule has 0 aliphatic carbocycles. The van der Waals surface area contributed by atoms with Crippen LogP contribution < -0.4 is 57.1 Å². The van der Waals surface area contributed by atoms with Gasteiger partial charge in [-0.1, -0.05) is 63.1 Å². The minimum atomic E-state index is -0.399. The molecular weight excluding hydrogens is 419 g/mol. The maximum Gasteiger partial charge on any atom is 1.00 e. The van der Waals surface area contributed by atoms with Crippen molar-refractivity contribution in [2.75, 3.05) is 7.05 Å². The van der Waals surface area contributed by atoms with Gasteiger partial charge in [0.15, 0.2) is 0 Å². The van der Waals surface area contributed by atoms with Gasteiger partial charge in [-0.15, -0.1) is 11.6 Å². The molecule has 0 unspecified atom stereocenters. The number of hydrogen-bond donors (Lipinski definition) is 1. The van der Waals surface area contributed by atoms with Crippen molar-refractivity contribution >= 4 is 12.6 Å². The fourth-order valence-electron chi connectivity index (χ4n) is 1.93. The average Bonchev–Trinajstić information content (AvgIpc) is 2.73. The van der Waals surface area contributed by atoms with Gasteiger partial charge in [0.05, 0.1) is 0 Å². The van der Waals surface area contributed by atoms with E-state index in [1.54, 1.807) is 31.3 Å². The number of aryl methyl sites for hydroxylation is 3. The summed E-state index contributed by atoms with van der Waals surface area (Å²) in [6, 6.07) is 25.8. The third-order valence-corrected chi connectivity index (χ3v) is 3.51. The molecule has 3 aromatic carbocycles. The summed E-state index contributed by atoms with van der Waals surface area (Å²) in [4.78, 5) is 13.7. The van der Waals surface area contributed by atoms with Crippen LogP contribution in [0.3, 0.4) is 0 Å². The summed E-state index contributed by atoms with van der Waals surface area (Å²) in [5.74, 6) is -0.399. The second kappa shape index (κ2) is 24.0. The number of carbonyl (C=O) groups is 1. The van der Waals surface area contributed by atoms with Crippen LogP contribution >= 0.6 is 0 Å². The Morgan fingerprint density at radius 2 is 1.41 bits per heavy atom. The third kappa shape index (κ3) is 21.5. The standard InChI is InChI=1S/C8H9.C8H10.C7H6NO.C3H8.C2H5N.K/c1-7-4-3-5-8(2)6-7;1-7-5-3-4-6-8(7)2;8-7(9)6-4-2-1-3-5-6;2*1-3-2;/h3-6H,1H2,2H3;3-6H,1-2H3;2-5H,(H2,8,9);3H2,1-2H3;1H2,2H3;/q-1;;-1;;;+1. The first-order chi connectivity index (χ1) is 14.7. The van der Waals surface area contributed by atoms with Gasteiger partial charge < -0.3 is 10.7 Å². The van der Waals surface area contributed by atoms with Crippen molar-refractivity contribution in [1.29, 1.82) is 0 Å². The quantitative estimate of drug-likeness (QED) is 0.337. The van der Waals surface area contributed by atoms with E-state index in [4.69, 9.17) is 5.73 Å². The molecule has 0 bridgehead atoms. The number of nitrogens with zero attached hydrogens (tertiary/aromatic N) is 1. The van der Waals surface area contributed by atoms with Crippen LogP contribution in [-0.4, -0.2) is 19.7 Å². The van der Waals surface area contributed by atoms with Crippen LogP contribution in [0, 0.1) is 33.8 Å². The monoisotopic (exact) mass is 457 g/mol. The number of hydrogen-bond acceptors (Lipinski definition) is 2. The molecule has 0 aliphatic rings. The minimum absolute atomic E-state index is 0. The predicted octanol–water partition coefficient (Wildman–Crippen LogP) is 3.80. The Balaban J connectivity index is -0.000000347. The molecule has 0 aromatic heterocycles. The Morgan fingerprint density at radius 1 is 0.969 bits per heavy atom. The molecule has 0 heterocycles. The maximum absolute atomic E-state index is 10.4. The molecule has 4 heteroatoms. The summed E-state index contributed by atoms with van der Waals surface area (Å²) in [6.45, 7) is 17.4. The van der Waals surface area contributed by atoms with Gasteiger partial charge in [0, 0.05) is 7.05 Å². The van der Waals surface area contributed by atoms with E-state index in [2.05, 4.69) is 95.7 Å². The summed E-state index contributed by atoms with van der Waals surface area (Å²) < 4.78 is 0. The van der Waals surface area contributed by atoms with Crippen LogP contribution in [0.4, 0.5) is 0 Å². The van der Waals surface area contributed by atoms with E-state index < -0.39 is 5.91 Å². The van der Waals surface area contributed by atoms with Crippen LogP contribution in [-0.2, 0) is 0 Å². The van der Waals surface area contributed by atoms with E-state index in [-0.39, 0.29) is 51.4 Å². The topological polar surface area (TPSA) is 55.4 Å². The Hall–Kier alpha value is -1.69. The van der Waals surface area contributed by atoms with Crippen molar-refractivity contribution in [2.24, 2.45) is 10.7 Å². The number of aliphatic imine (C=N–C) groups is 1. The number of benzene rings is 3. The van der Waals surface area contributed by atoms with E-state index >= 15 is 0 Å². The smallest absolute Gasteiger partial charge is 0.367 e. The van der Waals surface area contributed by atoms with E-state index in [9.17, 15) is 4.79 Å². The van der Waals surface area contributed by atoms with Gasteiger partial charge in [-0.2, -0.15) is 55.0 Å². The summed E-state index contributed by atoms with van der Waals surface area (Å²) in [6.07, 6.45) is 1.25. The molecule has 3 rings (SSSR count). The molecular formula is C28H38KN2O-. The van der Waals surface area contributed by atoms with Gasteiger partial charge in [0.2, 0.25) is 5.91 Å². The van der Waals surface area contributed by atoms with Crippen molar-refractivity contribution < 1.29 is 56.2 Å². The Labute approximate surface area is 239 Å².